The fraction of sp³-hybridized carbons (Fsp3) is 0.458. The monoisotopic (exact) mass is 414 g/mol. The van der Waals surface area contributed by atoms with Gasteiger partial charge in [-0.1, -0.05) is 48.5 Å². The average Bonchev–Trinajstić information content (AvgIpc) is 3.40. The highest BCUT2D eigenvalue weighted by molar-refractivity contribution is 5.85. The summed E-state index contributed by atoms with van der Waals surface area (Å²) in [4.78, 5) is 13.0. The second-order valence-electron chi connectivity index (χ2n) is 8.37. The Bertz CT molecular complexity index is 814. The van der Waals surface area contributed by atoms with E-state index in [9.17, 15) is 4.79 Å². The number of amides is 1. The largest absolute Gasteiger partial charge is 0.491 e. The van der Waals surface area contributed by atoms with Gasteiger partial charge in [0.05, 0.1) is 6.04 Å². The van der Waals surface area contributed by atoms with Crippen LogP contribution in [0, 0.1) is 25.2 Å². The minimum Gasteiger partial charge on any atom is -0.491 e. The van der Waals surface area contributed by atoms with Crippen molar-refractivity contribution in [2.75, 3.05) is 19.7 Å². The predicted octanol–water partition coefficient (Wildman–Crippen LogP) is 4.35. The van der Waals surface area contributed by atoms with E-state index in [4.69, 9.17) is 4.74 Å². The van der Waals surface area contributed by atoms with E-state index in [0.29, 0.717) is 6.61 Å². The van der Waals surface area contributed by atoms with Gasteiger partial charge in [0.1, 0.15) is 12.4 Å². The SMILES string of the molecule is Cc1cccc(C)c1OCC(NC(=O)C1CC12CCNCC2)c1ccccc1.Cl. The standard InChI is InChI=1S/C24H30N2O2.ClH/c1-17-7-6-8-18(2)22(17)28-16-21(19-9-4-3-5-10-19)26-23(27)20-15-24(20)11-13-25-14-12-24;/h3-10,20-21,25H,11-16H2,1-2H3,(H,26,27);1H. The molecule has 2 unspecified atom stereocenters. The number of halogens is 1. The van der Waals surface area contributed by atoms with E-state index in [0.717, 1.165) is 54.8 Å². The molecule has 4 rings (SSSR count). The fourth-order valence-corrected chi connectivity index (χ4v) is 4.57. The molecule has 0 radical (unpaired) electrons. The summed E-state index contributed by atoms with van der Waals surface area (Å²) >= 11 is 0. The first kappa shape index (κ1) is 21.7. The maximum absolute atomic E-state index is 13.0. The molecule has 1 saturated heterocycles. The van der Waals surface area contributed by atoms with Crippen LogP contribution in [0.1, 0.15) is 42.0 Å². The van der Waals surface area contributed by atoms with Crippen molar-refractivity contribution in [2.24, 2.45) is 11.3 Å². The van der Waals surface area contributed by atoms with Gasteiger partial charge in [-0.2, -0.15) is 0 Å². The molecule has 156 valence electrons. The Morgan fingerprint density at radius 2 is 1.76 bits per heavy atom. The molecule has 4 nitrogen and oxygen atoms in total. The molecule has 5 heteroatoms. The Balaban J connectivity index is 0.00000240. The molecule has 1 saturated carbocycles. The molecular weight excluding hydrogens is 384 g/mol. The third-order valence-corrected chi connectivity index (χ3v) is 6.43. The molecule has 2 aromatic carbocycles. The van der Waals surface area contributed by atoms with Crippen molar-refractivity contribution in [1.29, 1.82) is 0 Å². The lowest BCUT2D eigenvalue weighted by Crippen LogP contribution is -2.37. The first-order valence-electron chi connectivity index (χ1n) is 10.3. The summed E-state index contributed by atoms with van der Waals surface area (Å²) in [5.74, 6) is 1.25. The Morgan fingerprint density at radius 1 is 1.10 bits per heavy atom. The highest BCUT2D eigenvalue weighted by atomic mass is 35.5. The molecule has 0 aromatic heterocycles. The van der Waals surface area contributed by atoms with Crippen molar-refractivity contribution in [3.8, 4) is 5.75 Å². The number of benzene rings is 2. The van der Waals surface area contributed by atoms with Gasteiger partial charge in [0, 0.05) is 5.92 Å². The minimum atomic E-state index is -0.146. The number of para-hydroxylation sites is 1. The van der Waals surface area contributed by atoms with Crippen molar-refractivity contribution in [1.82, 2.24) is 10.6 Å². The molecular formula is C24H31ClN2O2. The molecule has 2 aliphatic rings. The highest BCUT2D eigenvalue weighted by Crippen LogP contribution is 2.58. The number of rotatable bonds is 6. The zero-order valence-corrected chi connectivity index (χ0v) is 18.1. The topological polar surface area (TPSA) is 50.4 Å². The third-order valence-electron chi connectivity index (χ3n) is 6.43. The van der Waals surface area contributed by atoms with Gasteiger partial charge in [-0.25, -0.2) is 0 Å². The smallest absolute Gasteiger partial charge is 0.224 e. The molecule has 1 aliphatic heterocycles. The summed E-state index contributed by atoms with van der Waals surface area (Å²) in [5, 5.41) is 6.70. The van der Waals surface area contributed by atoms with Crippen LogP contribution in [0.5, 0.6) is 5.75 Å². The van der Waals surface area contributed by atoms with Crippen LogP contribution in [0.4, 0.5) is 0 Å². The highest BCUT2D eigenvalue weighted by Gasteiger charge is 2.57. The van der Waals surface area contributed by atoms with E-state index in [-0.39, 0.29) is 35.7 Å². The molecule has 29 heavy (non-hydrogen) atoms. The van der Waals surface area contributed by atoms with Gasteiger partial charge in [-0.05, 0) is 68.3 Å². The maximum atomic E-state index is 13.0. The molecule has 2 atom stereocenters. The van der Waals surface area contributed by atoms with Crippen molar-refractivity contribution in [3.63, 3.8) is 0 Å². The number of aryl methyl sites for hydroxylation is 2. The number of ether oxygens (including phenoxy) is 1. The second-order valence-corrected chi connectivity index (χ2v) is 8.37. The summed E-state index contributed by atoms with van der Waals surface area (Å²) in [6.07, 6.45) is 3.25. The van der Waals surface area contributed by atoms with Crippen LogP contribution in [-0.2, 0) is 4.79 Å². The van der Waals surface area contributed by atoms with Gasteiger partial charge < -0.3 is 15.4 Å². The molecule has 1 heterocycles. The van der Waals surface area contributed by atoms with Gasteiger partial charge in [0.15, 0.2) is 0 Å². The van der Waals surface area contributed by atoms with E-state index < -0.39 is 0 Å². The molecule has 1 spiro atoms. The van der Waals surface area contributed by atoms with E-state index in [2.05, 4.69) is 48.7 Å². The molecule has 2 aromatic rings. The van der Waals surface area contributed by atoms with Crippen LogP contribution in [-0.4, -0.2) is 25.6 Å². The normalized spacial score (nSPS) is 20.4. The lowest BCUT2D eigenvalue weighted by atomic mass is 9.91. The average molecular weight is 415 g/mol. The zero-order chi connectivity index (χ0) is 19.6. The molecule has 2 fully saturated rings. The van der Waals surface area contributed by atoms with Crippen molar-refractivity contribution >= 4 is 18.3 Å². The van der Waals surface area contributed by atoms with Crippen molar-refractivity contribution in [2.45, 2.75) is 39.2 Å². The molecule has 1 amide bonds. The molecule has 0 bridgehead atoms. The van der Waals surface area contributed by atoms with Crippen LogP contribution >= 0.6 is 12.4 Å². The van der Waals surface area contributed by atoms with Crippen LogP contribution in [0.3, 0.4) is 0 Å². The maximum Gasteiger partial charge on any atom is 0.224 e. The summed E-state index contributed by atoms with van der Waals surface area (Å²) in [6.45, 7) is 6.61. The zero-order valence-electron chi connectivity index (χ0n) is 17.2. The number of carbonyl (C=O) groups excluding carboxylic acids is 1. The Labute approximate surface area is 179 Å². The molecule has 2 N–H and O–H groups in total. The minimum absolute atomic E-state index is 0. The second kappa shape index (κ2) is 9.19. The molecule has 1 aliphatic carbocycles. The Morgan fingerprint density at radius 3 is 2.41 bits per heavy atom. The van der Waals surface area contributed by atoms with E-state index in [1.807, 2.05) is 24.3 Å². The quantitative estimate of drug-likeness (QED) is 0.738. The Kier molecular flexibility index (Phi) is 6.86. The number of carbonyl (C=O) groups is 1. The first-order valence-corrected chi connectivity index (χ1v) is 10.3. The number of nitrogens with one attached hydrogen (secondary N) is 2. The third kappa shape index (κ3) is 4.76. The summed E-state index contributed by atoms with van der Waals surface area (Å²) < 4.78 is 6.20. The lowest BCUT2D eigenvalue weighted by molar-refractivity contribution is -0.124. The van der Waals surface area contributed by atoms with Gasteiger partial charge in [0.25, 0.3) is 0 Å². The number of piperidine rings is 1. The number of hydrogen-bond donors (Lipinski definition) is 2. The lowest BCUT2D eigenvalue weighted by Gasteiger charge is -2.25. The summed E-state index contributed by atoms with van der Waals surface area (Å²) in [6, 6.07) is 16.2. The summed E-state index contributed by atoms with van der Waals surface area (Å²) in [7, 11) is 0. The fourth-order valence-electron chi connectivity index (χ4n) is 4.57. The van der Waals surface area contributed by atoms with E-state index in [1.165, 1.54) is 0 Å². The first-order chi connectivity index (χ1) is 13.6. The van der Waals surface area contributed by atoms with E-state index >= 15 is 0 Å². The van der Waals surface area contributed by atoms with Crippen molar-refractivity contribution < 1.29 is 9.53 Å². The predicted molar refractivity (Wildman–Crippen MR) is 119 cm³/mol. The van der Waals surface area contributed by atoms with Crippen LogP contribution in [0.15, 0.2) is 48.5 Å². The van der Waals surface area contributed by atoms with Gasteiger partial charge >= 0.3 is 0 Å². The van der Waals surface area contributed by atoms with Gasteiger partial charge in [-0.15, -0.1) is 12.4 Å². The van der Waals surface area contributed by atoms with Crippen LogP contribution in [0.25, 0.3) is 0 Å². The van der Waals surface area contributed by atoms with E-state index in [1.54, 1.807) is 0 Å². The Hall–Kier alpha value is -2.04. The number of hydrogen-bond acceptors (Lipinski definition) is 3. The van der Waals surface area contributed by atoms with Gasteiger partial charge in [0.2, 0.25) is 5.91 Å². The summed E-state index contributed by atoms with van der Waals surface area (Å²) in [5.41, 5.74) is 3.56. The van der Waals surface area contributed by atoms with Gasteiger partial charge in [-0.3, -0.25) is 4.79 Å². The van der Waals surface area contributed by atoms with Crippen LogP contribution < -0.4 is 15.4 Å². The van der Waals surface area contributed by atoms with Crippen LogP contribution in [0.2, 0.25) is 0 Å². The van der Waals surface area contributed by atoms with Crippen molar-refractivity contribution in [3.05, 3.63) is 65.2 Å².